The van der Waals surface area contributed by atoms with Gasteiger partial charge in [-0.1, -0.05) is 11.3 Å². The van der Waals surface area contributed by atoms with Gasteiger partial charge in [-0.05, 0) is 4.92 Å². The Kier molecular flexibility index (Phi) is 2.32. The van der Waals surface area contributed by atoms with Crippen molar-refractivity contribution in [3.8, 4) is 5.82 Å². The first-order valence-corrected chi connectivity index (χ1v) is 5.83. The highest BCUT2D eigenvalue weighted by molar-refractivity contribution is 7.15. The zero-order valence-electron chi connectivity index (χ0n) is 9.13. The molecule has 96 valence electrons. The molecule has 10 heteroatoms. The standard InChI is InChI=1S/C9H5N5O4S/c15-8(16)5-3-12(4-10-5)6-7(14(17)18)13-1-2-19-9(13)11-6/h1-4H,(H,15,16). The lowest BCUT2D eigenvalue weighted by Crippen LogP contribution is -2.00. The number of carboxylic acid groups (broad SMARTS) is 1. The minimum absolute atomic E-state index is 0.0388. The van der Waals surface area contributed by atoms with E-state index < -0.39 is 10.9 Å². The molecule has 0 amide bonds. The van der Waals surface area contributed by atoms with E-state index in [0.29, 0.717) is 4.96 Å². The van der Waals surface area contributed by atoms with Crippen molar-refractivity contribution in [2.75, 3.05) is 0 Å². The van der Waals surface area contributed by atoms with Crippen LogP contribution < -0.4 is 0 Å². The van der Waals surface area contributed by atoms with E-state index in [1.807, 2.05) is 0 Å². The predicted molar refractivity (Wildman–Crippen MR) is 63.8 cm³/mol. The molecule has 0 saturated carbocycles. The SMILES string of the molecule is O=C(O)c1cn(-c2nc3sccn3c2[N+](=O)[O-])cn1. The molecule has 1 N–H and O–H groups in total. The van der Waals surface area contributed by atoms with Crippen molar-refractivity contribution in [2.24, 2.45) is 0 Å². The number of fused-ring (bicyclic) bond motifs is 1. The van der Waals surface area contributed by atoms with E-state index in [2.05, 4.69) is 9.97 Å². The van der Waals surface area contributed by atoms with Gasteiger partial charge in [0.1, 0.15) is 12.5 Å². The molecule has 0 spiro atoms. The average Bonchev–Trinajstić information content (AvgIpc) is 3.02. The summed E-state index contributed by atoms with van der Waals surface area (Å²) in [5.74, 6) is -1.40. The van der Waals surface area contributed by atoms with E-state index in [9.17, 15) is 14.9 Å². The molecule has 0 aliphatic heterocycles. The first-order chi connectivity index (χ1) is 9.08. The van der Waals surface area contributed by atoms with Crippen LogP contribution in [0.15, 0.2) is 24.1 Å². The summed E-state index contributed by atoms with van der Waals surface area (Å²) in [6, 6.07) is 0. The van der Waals surface area contributed by atoms with Gasteiger partial charge in [-0.2, -0.15) is 9.38 Å². The monoisotopic (exact) mass is 279 g/mol. The van der Waals surface area contributed by atoms with E-state index in [4.69, 9.17) is 5.11 Å². The molecule has 0 aliphatic rings. The number of hydrogen-bond acceptors (Lipinski definition) is 6. The fraction of sp³-hybridized carbons (Fsp3) is 0. The number of aromatic carboxylic acids is 1. The molecule has 0 saturated heterocycles. The van der Waals surface area contributed by atoms with Crippen molar-refractivity contribution in [1.29, 1.82) is 0 Å². The minimum atomic E-state index is -1.21. The second-order valence-corrected chi connectivity index (χ2v) is 4.42. The van der Waals surface area contributed by atoms with Gasteiger partial charge in [0.05, 0.1) is 0 Å². The molecule has 0 radical (unpaired) electrons. The fourth-order valence-corrected chi connectivity index (χ4v) is 2.36. The molecule has 3 rings (SSSR count). The third-order valence-electron chi connectivity index (χ3n) is 2.44. The summed E-state index contributed by atoms with van der Waals surface area (Å²) in [6.45, 7) is 0. The van der Waals surface area contributed by atoms with Gasteiger partial charge in [0.15, 0.2) is 5.69 Å². The molecule has 3 aromatic heterocycles. The highest BCUT2D eigenvalue weighted by Crippen LogP contribution is 2.26. The van der Waals surface area contributed by atoms with Crippen LogP contribution in [0.2, 0.25) is 0 Å². The summed E-state index contributed by atoms with van der Waals surface area (Å²) >= 11 is 1.24. The maximum Gasteiger partial charge on any atom is 0.373 e. The molecule has 9 nitrogen and oxygen atoms in total. The van der Waals surface area contributed by atoms with Crippen LogP contribution in [0, 0.1) is 10.1 Å². The van der Waals surface area contributed by atoms with Gasteiger partial charge in [-0.15, -0.1) is 0 Å². The molecular formula is C9H5N5O4S. The summed E-state index contributed by atoms with van der Waals surface area (Å²) in [5.41, 5.74) is -0.203. The lowest BCUT2D eigenvalue weighted by molar-refractivity contribution is -0.390. The molecule has 0 fully saturated rings. The number of hydrogen-bond donors (Lipinski definition) is 1. The first-order valence-electron chi connectivity index (χ1n) is 4.95. The van der Waals surface area contributed by atoms with Crippen LogP contribution in [0.5, 0.6) is 0 Å². The number of nitrogens with zero attached hydrogens (tertiary/aromatic N) is 5. The smallest absolute Gasteiger partial charge is 0.373 e. The van der Waals surface area contributed by atoms with Gasteiger partial charge in [-0.3, -0.25) is 4.57 Å². The number of thiazole rings is 1. The van der Waals surface area contributed by atoms with Gasteiger partial charge < -0.3 is 15.2 Å². The summed E-state index contributed by atoms with van der Waals surface area (Å²) in [6.07, 6.45) is 3.90. The minimum Gasteiger partial charge on any atom is -0.476 e. The van der Waals surface area contributed by atoms with Gasteiger partial charge in [-0.25, -0.2) is 9.78 Å². The van der Waals surface area contributed by atoms with E-state index in [1.165, 1.54) is 39.0 Å². The molecule has 0 bridgehead atoms. The number of nitro groups is 1. The zero-order valence-corrected chi connectivity index (χ0v) is 9.94. The van der Waals surface area contributed by atoms with E-state index in [1.54, 1.807) is 5.38 Å². The third-order valence-corrected chi connectivity index (χ3v) is 3.20. The normalized spacial score (nSPS) is 10.9. The van der Waals surface area contributed by atoms with Crippen molar-refractivity contribution in [3.63, 3.8) is 0 Å². The second kappa shape index (κ2) is 3.88. The summed E-state index contributed by atoms with van der Waals surface area (Å²) < 4.78 is 2.56. The Morgan fingerprint density at radius 1 is 1.53 bits per heavy atom. The molecule has 3 aromatic rings. The highest BCUT2D eigenvalue weighted by atomic mass is 32.1. The molecular weight excluding hydrogens is 274 g/mol. The predicted octanol–water partition coefficient (Wildman–Crippen LogP) is 1.19. The molecule has 0 aliphatic carbocycles. The summed E-state index contributed by atoms with van der Waals surface area (Å²) in [7, 11) is 0. The largest absolute Gasteiger partial charge is 0.476 e. The van der Waals surface area contributed by atoms with Gasteiger partial charge in [0.2, 0.25) is 5.82 Å². The van der Waals surface area contributed by atoms with E-state index in [0.717, 1.165) is 0 Å². The van der Waals surface area contributed by atoms with Gasteiger partial charge in [0.25, 0.3) is 4.96 Å². The Balaban J connectivity index is 2.23. The maximum absolute atomic E-state index is 11.1. The Labute approximate surface area is 108 Å². The molecule has 0 atom stereocenters. The van der Waals surface area contributed by atoms with Crippen molar-refractivity contribution >= 4 is 28.1 Å². The first kappa shape index (κ1) is 11.3. The van der Waals surface area contributed by atoms with E-state index in [-0.39, 0.29) is 17.3 Å². The topological polar surface area (TPSA) is 116 Å². The quantitative estimate of drug-likeness (QED) is 0.568. The van der Waals surface area contributed by atoms with Crippen LogP contribution >= 0.6 is 11.3 Å². The van der Waals surface area contributed by atoms with Crippen LogP contribution in [0.25, 0.3) is 10.8 Å². The molecule has 0 aromatic carbocycles. The van der Waals surface area contributed by atoms with Crippen LogP contribution in [0.4, 0.5) is 5.82 Å². The molecule has 0 unspecified atom stereocenters. The zero-order chi connectivity index (χ0) is 13.6. The van der Waals surface area contributed by atoms with Crippen molar-refractivity contribution in [1.82, 2.24) is 18.9 Å². The van der Waals surface area contributed by atoms with Crippen molar-refractivity contribution < 1.29 is 14.8 Å². The second-order valence-electron chi connectivity index (χ2n) is 3.54. The Bertz CT molecular complexity index is 801. The number of imidazole rings is 2. The average molecular weight is 279 g/mol. The third kappa shape index (κ3) is 1.65. The number of carbonyl (C=O) groups is 1. The van der Waals surface area contributed by atoms with Gasteiger partial charge in [0, 0.05) is 11.6 Å². The maximum atomic E-state index is 11.1. The van der Waals surface area contributed by atoms with Crippen LogP contribution in [-0.4, -0.2) is 34.9 Å². The van der Waals surface area contributed by atoms with Crippen molar-refractivity contribution in [2.45, 2.75) is 0 Å². The molecule has 19 heavy (non-hydrogen) atoms. The lowest BCUT2D eigenvalue weighted by Gasteiger charge is -1.97. The van der Waals surface area contributed by atoms with Crippen LogP contribution in [0.3, 0.4) is 0 Å². The highest BCUT2D eigenvalue weighted by Gasteiger charge is 2.25. The number of rotatable bonds is 3. The van der Waals surface area contributed by atoms with Gasteiger partial charge >= 0.3 is 11.8 Å². The van der Waals surface area contributed by atoms with E-state index >= 15 is 0 Å². The van der Waals surface area contributed by atoms with Crippen LogP contribution in [0.1, 0.15) is 10.5 Å². The Hall–Kier alpha value is -2.75. The Morgan fingerprint density at radius 3 is 2.95 bits per heavy atom. The molecule has 3 heterocycles. The number of carboxylic acids is 1. The van der Waals surface area contributed by atoms with Crippen LogP contribution in [-0.2, 0) is 0 Å². The number of aromatic nitrogens is 4. The fourth-order valence-electron chi connectivity index (χ4n) is 1.65. The Morgan fingerprint density at radius 2 is 2.32 bits per heavy atom. The van der Waals surface area contributed by atoms with Crippen molar-refractivity contribution in [3.05, 3.63) is 39.9 Å². The summed E-state index contributed by atoms with van der Waals surface area (Å²) in [5, 5.41) is 21.6. The summed E-state index contributed by atoms with van der Waals surface area (Å²) in [4.78, 5) is 29.5. The lowest BCUT2D eigenvalue weighted by atomic mass is 10.5.